The summed E-state index contributed by atoms with van der Waals surface area (Å²) in [4.78, 5) is 28.8. The third kappa shape index (κ3) is 15.0. The van der Waals surface area contributed by atoms with E-state index < -0.39 is 0 Å². The fraction of sp³-hybridized carbons (Fsp3) is 0.559. The van der Waals surface area contributed by atoms with Gasteiger partial charge in [0.05, 0.1) is 17.8 Å². The summed E-state index contributed by atoms with van der Waals surface area (Å²) in [5, 5.41) is 7.78. The molecule has 0 bridgehead atoms. The van der Waals surface area contributed by atoms with Crippen molar-refractivity contribution in [1.82, 2.24) is 14.9 Å². The lowest BCUT2D eigenvalue weighted by molar-refractivity contribution is -0.115. The highest BCUT2D eigenvalue weighted by Gasteiger charge is 2.16. The van der Waals surface area contributed by atoms with E-state index in [4.69, 9.17) is 0 Å². The zero-order valence-electron chi connectivity index (χ0n) is 27.0. The van der Waals surface area contributed by atoms with E-state index in [1.165, 1.54) is 56.3 Å². The second kappa shape index (κ2) is 19.2. The molecule has 7 heteroatoms. The summed E-state index contributed by atoms with van der Waals surface area (Å²) in [6.45, 7) is 19.3. The number of nitrogens with zero attached hydrogens (tertiary/aromatic N) is 2. The van der Waals surface area contributed by atoms with Gasteiger partial charge in [-0.3, -0.25) is 9.59 Å². The minimum absolute atomic E-state index is 0.101. The standard InChI is InChI=1S/C21H24N4O2S.C9H20.C4H10/c1-14-6-5-7-15(10-14)17-13-28-20(23-17)24-18(26)11-22-19(27)16-8-9-25(12-16)21(2,3)4;1-4-5-6-7-8-9(2)3;1-3-4-2/h5-10,12-13H,11H2,1-4H3,(H,22,27)(H,23,24,26);9H,4-8H2,1-3H3;3-4H2,1-2H3. The molecule has 0 spiro atoms. The van der Waals surface area contributed by atoms with Gasteiger partial charge in [-0.25, -0.2) is 4.98 Å². The quantitative estimate of drug-likeness (QED) is 0.221. The number of amides is 2. The highest BCUT2D eigenvalue weighted by Crippen LogP contribution is 2.25. The van der Waals surface area contributed by atoms with Gasteiger partial charge in [-0.1, -0.05) is 103 Å². The average Bonchev–Trinajstić information content (AvgIpc) is 3.61. The molecule has 2 heterocycles. The van der Waals surface area contributed by atoms with Crippen LogP contribution >= 0.6 is 11.3 Å². The van der Waals surface area contributed by atoms with Crippen molar-refractivity contribution in [3.63, 3.8) is 0 Å². The van der Waals surface area contributed by atoms with Crippen LogP contribution in [0.1, 0.15) is 116 Å². The molecule has 2 amide bonds. The average molecular weight is 583 g/mol. The van der Waals surface area contributed by atoms with Crippen molar-refractivity contribution in [3.8, 4) is 11.3 Å². The number of anilines is 1. The molecule has 0 atom stereocenters. The van der Waals surface area contributed by atoms with Crippen LogP contribution in [-0.2, 0) is 10.3 Å². The third-order valence-electron chi connectivity index (χ3n) is 6.34. The van der Waals surface area contributed by atoms with Crippen LogP contribution in [0.3, 0.4) is 0 Å². The fourth-order valence-corrected chi connectivity index (χ4v) is 4.36. The maximum atomic E-state index is 12.2. The number of hydrogen-bond acceptors (Lipinski definition) is 4. The van der Waals surface area contributed by atoms with Crippen LogP contribution in [0.15, 0.2) is 48.1 Å². The van der Waals surface area contributed by atoms with E-state index in [1.807, 2.05) is 47.3 Å². The predicted octanol–water partition coefficient (Wildman–Crippen LogP) is 9.46. The zero-order valence-corrected chi connectivity index (χ0v) is 27.8. The van der Waals surface area contributed by atoms with Crippen molar-refractivity contribution in [1.29, 1.82) is 0 Å². The molecule has 6 nitrogen and oxygen atoms in total. The van der Waals surface area contributed by atoms with Crippen LogP contribution in [0.5, 0.6) is 0 Å². The van der Waals surface area contributed by atoms with Crippen LogP contribution in [0.4, 0.5) is 5.13 Å². The topological polar surface area (TPSA) is 76.0 Å². The Balaban J connectivity index is 0.000000541. The predicted molar refractivity (Wildman–Crippen MR) is 177 cm³/mol. The number of unbranched alkanes of at least 4 members (excludes halogenated alkanes) is 4. The van der Waals surface area contributed by atoms with Gasteiger partial charge in [0, 0.05) is 28.9 Å². The monoisotopic (exact) mass is 582 g/mol. The molecule has 0 aliphatic heterocycles. The summed E-state index contributed by atoms with van der Waals surface area (Å²) in [5.41, 5.74) is 3.40. The zero-order chi connectivity index (χ0) is 30.8. The molecule has 1 aromatic carbocycles. The number of carbonyl (C=O) groups is 2. The molecule has 228 valence electrons. The Morgan fingerprint density at radius 2 is 1.71 bits per heavy atom. The van der Waals surface area contributed by atoms with E-state index in [1.54, 1.807) is 12.3 Å². The first kappa shape index (κ1) is 36.1. The van der Waals surface area contributed by atoms with Gasteiger partial charge in [-0.15, -0.1) is 11.3 Å². The van der Waals surface area contributed by atoms with E-state index in [0.29, 0.717) is 10.7 Å². The normalized spacial score (nSPS) is 10.8. The lowest BCUT2D eigenvalue weighted by atomic mass is 10.1. The molecule has 2 aromatic heterocycles. The number of nitrogens with one attached hydrogen (secondary N) is 2. The molecule has 0 saturated carbocycles. The molecule has 3 aromatic rings. The van der Waals surface area contributed by atoms with Gasteiger partial charge in [0.15, 0.2) is 5.13 Å². The molecule has 0 fully saturated rings. The Hall–Kier alpha value is -2.93. The van der Waals surface area contributed by atoms with Crippen molar-refractivity contribution in [2.24, 2.45) is 5.92 Å². The van der Waals surface area contributed by atoms with Crippen molar-refractivity contribution in [2.45, 2.75) is 113 Å². The Labute approximate surface area is 253 Å². The minimum atomic E-state index is -0.311. The first-order valence-corrected chi connectivity index (χ1v) is 16.1. The fourth-order valence-electron chi connectivity index (χ4n) is 3.62. The SMILES string of the molecule is CCCC.CCCCCCC(C)C.Cc1cccc(-c2csc(NC(=O)CNC(=O)c3ccn(C(C)(C)C)c3)n2)c1. The Morgan fingerprint density at radius 3 is 2.27 bits per heavy atom. The number of thiazole rings is 1. The second-order valence-corrected chi connectivity index (χ2v) is 12.7. The Bertz CT molecular complexity index is 1160. The first-order chi connectivity index (χ1) is 19.4. The van der Waals surface area contributed by atoms with E-state index >= 15 is 0 Å². The smallest absolute Gasteiger partial charge is 0.253 e. The highest BCUT2D eigenvalue weighted by atomic mass is 32.1. The van der Waals surface area contributed by atoms with Gasteiger partial charge in [0.2, 0.25) is 5.91 Å². The summed E-state index contributed by atoms with van der Waals surface area (Å²) < 4.78 is 1.96. The van der Waals surface area contributed by atoms with Crippen LogP contribution in [0.2, 0.25) is 0 Å². The molecular formula is C34H54N4O2S. The van der Waals surface area contributed by atoms with Gasteiger partial charge >= 0.3 is 0 Å². The van der Waals surface area contributed by atoms with Crippen molar-refractivity contribution >= 4 is 28.3 Å². The minimum Gasteiger partial charge on any atom is -0.348 e. The Morgan fingerprint density at radius 1 is 1.00 bits per heavy atom. The summed E-state index contributed by atoms with van der Waals surface area (Å²) in [6, 6.07) is 9.78. The lowest BCUT2D eigenvalue weighted by Gasteiger charge is -2.20. The lowest BCUT2D eigenvalue weighted by Crippen LogP contribution is -2.32. The number of aromatic nitrogens is 2. The van der Waals surface area contributed by atoms with E-state index in [9.17, 15) is 9.59 Å². The van der Waals surface area contributed by atoms with E-state index in [2.05, 4.69) is 71.0 Å². The molecule has 0 aliphatic rings. The maximum Gasteiger partial charge on any atom is 0.253 e. The maximum absolute atomic E-state index is 12.2. The second-order valence-electron chi connectivity index (χ2n) is 11.9. The molecule has 0 radical (unpaired) electrons. The van der Waals surface area contributed by atoms with Gasteiger partial charge < -0.3 is 15.2 Å². The first-order valence-electron chi connectivity index (χ1n) is 15.2. The summed E-state index contributed by atoms with van der Waals surface area (Å²) in [7, 11) is 0. The van der Waals surface area contributed by atoms with Crippen LogP contribution < -0.4 is 10.6 Å². The molecule has 3 rings (SSSR count). The number of benzene rings is 1. The van der Waals surface area contributed by atoms with Crippen LogP contribution in [0, 0.1) is 12.8 Å². The summed E-state index contributed by atoms with van der Waals surface area (Å²) in [5.74, 6) is 0.313. The van der Waals surface area contributed by atoms with Gasteiger partial charge in [0.1, 0.15) is 0 Å². The number of rotatable bonds is 11. The van der Waals surface area contributed by atoms with Gasteiger partial charge in [0.25, 0.3) is 5.91 Å². The van der Waals surface area contributed by atoms with Crippen molar-refractivity contribution in [2.75, 3.05) is 11.9 Å². The molecular weight excluding hydrogens is 528 g/mol. The van der Waals surface area contributed by atoms with E-state index in [-0.39, 0.29) is 23.9 Å². The third-order valence-corrected chi connectivity index (χ3v) is 7.10. The highest BCUT2D eigenvalue weighted by molar-refractivity contribution is 7.14. The van der Waals surface area contributed by atoms with Crippen molar-refractivity contribution < 1.29 is 9.59 Å². The van der Waals surface area contributed by atoms with Gasteiger partial charge in [-0.2, -0.15) is 0 Å². The van der Waals surface area contributed by atoms with Crippen LogP contribution in [0.25, 0.3) is 11.3 Å². The summed E-state index contributed by atoms with van der Waals surface area (Å²) >= 11 is 1.36. The van der Waals surface area contributed by atoms with Crippen LogP contribution in [-0.4, -0.2) is 27.9 Å². The number of aryl methyl sites for hydroxylation is 1. The largest absolute Gasteiger partial charge is 0.348 e. The van der Waals surface area contributed by atoms with Gasteiger partial charge in [-0.05, 0) is 45.7 Å². The summed E-state index contributed by atoms with van der Waals surface area (Å²) in [6.07, 6.45) is 13.4. The number of carbonyl (C=O) groups excluding carboxylic acids is 2. The number of hydrogen-bond donors (Lipinski definition) is 2. The molecule has 0 unspecified atom stereocenters. The molecule has 2 N–H and O–H groups in total. The molecule has 41 heavy (non-hydrogen) atoms. The van der Waals surface area contributed by atoms with E-state index in [0.717, 1.165) is 22.7 Å². The Kier molecular flexibility index (Phi) is 16.9. The van der Waals surface area contributed by atoms with Crippen molar-refractivity contribution in [3.05, 3.63) is 59.2 Å². The molecule has 0 saturated heterocycles. The molecule has 0 aliphatic carbocycles.